The van der Waals surface area contributed by atoms with Gasteiger partial charge in [-0.25, -0.2) is 0 Å². The molecule has 0 aromatic rings. The van der Waals surface area contributed by atoms with Crippen molar-refractivity contribution in [1.29, 1.82) is 0 Å². The molecule has 0 aliphatic rings. The van der Waals surface area contributed by atoms with Crippen molar-refractivity contribution >= 4 is 22.2 Å². The van der Waals surface area contributed by atoms with Gasteiger partial charge >= 0.3 is 0 Å². The van der Waals surface area contributed by atoms with Crippen molar-refractivity contribution in [3.8, 4) is 0 Å². The highest BCUT2D eigenvalue weighted by atomic mass is 79.9. The summed E-state index contributed by atoms with van der Waals surface area (Å²) in [5.41, 5.74) is 0. The minimum absolute atomic E-state index is 0.0784. The van der Waals surface area contributed by atoms with E-state index in [1.165, 1.54) is 12.8 Å². The second-order valence-electron chi connectivity index (χ2n) is 3.33. The zero-order chi connectivity index (χ0) is 8.69. The molecule has 0 aromatic heterocycles. The lowest BCUT2D eigenvalue weighted by Gasteiger charge is -2.04. The second-order valence-corrected chi connectivity index (χ2v) is 4.51. The summed E-state index contributed by atoms with van der Waals surface area (Å²) in [5.74, 6) is 0.792. The number of halogens is 1. The Morgan fingerprint density at radius 1 is 1.27 bits per heavy atom. The van der Waals surface area contributed by atoms with Crippen LogP contribution in [0.15, 0.2) is 0 Å². The first-order chi connectivity index (χ1) is 5.16. The van der Waals surface area contributed by atoms with Crippen LogP contribution in [0.5, 0.6) is 0 Å². The van der Waals surface area contributed by atoms with Crippen molar-refractivity contribution in [2.45, 2.75) is 44.4 Å². The van der Waals surface area contributed by atoms with Crippen LogP contribution in [0.4, 0.5) is 0 Å². The molecule has 0 amide bonds. The molecule has 0 saturated carbocycles. The van der Waals surface area contributed by atoms with E-state index in [-0.39, 0.29) is 4.83 Å². The fourth-order valence-electron chi connectivity index (χ4n) is 0.960. The lowest BCUT2D eigenvalue weighted by atomic mass is 10.0. The lowest BCUT2D eigenvalue weighted by Crippen LogP contribution is -1.98. The summed E-state index contributed by atoms with van der Waals surface area (Å²) in [4.78, 5) is 10.3. The molecular weight excluding hydrogens is 204 g/mol. The molecule has 0 aromatic carbocycles. The van der Waals surface area contributed by atoms with E-state index < -0.39 is 0 Å². The third-order valence-corrected chi connectivity index (χ3v) is 2.33. The molecule has 0 bridgehead atoms. The molecule has 1 unspecified atom stereocenters. The third kappa shape index (κ3) is 8.05. The number of carbonyl (C=O) groups excluding carboxylic acids is 1. The van der Waals surface area contributed by atoms with Crippen LogP contribution in [-0.4, -0.2) is 11.1 Å². The summed E-state index contributed by atoms with van der Waals surface area (Å²) < 4.78 is 0. The van der Waals surface area contributed by atoms with Crippen molar-refractivity contribution in [3.05, 3.63) is 0 Å². The quantitative estimate of drug-likeness (QED) is 0.382. The Bertz CT molecular complexity index is 102. The smallest absolute Gasteiger partial charge is 0.133 e. The van der Waals surface area contributed by atoms with E-state index in [0.717, 1.165) is 25.0 Å². The molecule has 0 aliphatic carbocycles. The summed E-state index contributed by atoms with van der Waals surface area (Å²) >= 11 is 3.28. The van der Waals surface area contributed by atoms with Gasteiger partial charge in [-0.1, -0.05) is 49.0 Å². The lowest BCUT2D eigenvalue weighted by molar-refractivity contribution is -0.107. The van der Waals surface area contributed by atoms with Gasteiger partial charge in [0.15, 0.2) is 0 Å². The van der Waals surface area contributed by atoms with Gasteiger partial charge in [0.2, 0.25) is 0 Å². The Labute approximate surface area is 77.7 Å². The van der Waals surface area contributed by atoms with Crippen molar-refractivity contribution in [3.63, 3.8) is 0 Å². The fourth-order valence-corrected chi connectivity index (χ4v) is 1.28. The average molecular weight is 221 g/mol. The number of alkyl halides is 1. The van der Waals surface area contributed by atoms with Crippen LogP contribution >= 0.6 is 15.9 Å². The van der Waals surface area contributed by atoms with Crippen molar-refractivity contribution in [2.75, 3.05) is 0 Å². The zero-order valence-electron chi connectivity index (χ0n) is 7.35. The van der Waals surface area contributed by atoms with Crippen molar-refractivity contribution in [1.82, 2.24) is 0 Å². The van der Waals surface area contributed by atoms with Crippen LogP contribution in [0, 0.1) is 5.92 Å². The predicted molar refractivity (Wildman–Crippen MR) is 52.1 cm³/mol. The molecule has 66 valence electrons. The monoisotopic (exact) mass is 220 g/mol. The molecule has 0 radical (unpaired) electrons. The van der Waals surface area contributed by atoms with Crippen molar-refractivity contribution < 1.29 is 4.79 Å². The summed E-state index contributed by atoms with van der Waals surface area (Å²) in [5, 5.41) is 0. The summed E-state index contributed by atoms with van der Waals surface area (Å²) in [7, 11) is 0. The summed E-state index contributed by atoms with van der Waals surface area (Å²) in [6, 6.07) is 0. The number of hydrogen-bond acceptors (Lipinski definition) is 1. The minimum atomic E-state index is 0.0784. The van der Waals surface area contributed by atoms with Crippen LogP contribution in [0.1, 0.15) is 39.5 Å². The molecule has 0 saturated heterocycles. The highest BCUT2D eigenvalue weighted by Gasteiger charge is 2.00. The van der Waals surface area contributed by atoms with Gasteiger partial charge in [0.05, 0.1) is 4.83 Å². The second kappa shape index (κ2) is 6.84. The van der Waals surface area contributed by atoms with Crippen LogP contribution in [-0.2, 0) is 4.79 Å². The standard InChI is InChI=1S/C9H17BrO/c1-8(2)5-3-4-6-9(10)7-11/h7-9H,3-6H2,1-2H3. The van der Waals surface area contributed by atoms with Crippen LogP contribution in [0.3, 0.4) is 0 Å². The fraction of sp³-hybridized carbons (Fsp3) is 0.889. The Kier molecular flexibility index (Phi) is 6.93. The van der Waals surface area contributed by atoms with E-state index in [2.05, 4.69) is 29.8 Å². The summed E-state index contributed by atoms with van der Waals surface area (Å²) in [6.45, 7) is 4.46. The topological polar surface area (TPSA) is 17.1 Å². The van der Waals surface area contributed by atoms with Gasteiger partial charge in [-0.05, 0) is 12.3 Å². The van der Waals surface area contributed by atoms with Crippen LogP contribution in [0.2, 0.25) is 0 Å². The molecule has 0 spiro atoms. The molecule has 0 fully saturated rings. The first kappa shape index (κ1) is 11.2. The number of hydrogen-bond donors (Lipinski definition) is 0. The van der Waals surface area contributed by atoms with Gasteiger partial charge in [0, 0.05) is 0 Å². The highest BCUT2D eigenvalue weighted by Crippen LogP contribution is 2.12. The molecule has 1 nitrogen and oxygen atoms in total. The highest BCUT2D eigenvalue weighted by molar-refractivity contribution is 9.09. The van der Waals surface area contributed by atoms with E-state index in [4.69, 9.17) is 0 Å². The summed E-state index contributed by atoms with van der Waals surface area (Å²) in [6.07, 6.45) is 5.63. The van der Waals surface area contributed by atoms with E-state index >= 15 is 0 Å². The maximum Gasteiger partial charge on any atom is 0.133 e. The van der Waals surface area contributed by atoms with Gasteiger partial charge in [-0.15, -0.1) is 0 Å². The number of aldehydes is 1. The van der Waals surface area contributed by atoms with Gasteiger partial charge in [-0.3, -0.25) is 0 Å². The van der Waals surface area contributed by atoms with E-state index in [0.29, 0.717) is 0 Å². The van der Waals surface area contributed by atoms with Gasteiger partial charge in [0.25, 0.3) is 0 Å². The normalized spacial score (nSPS) is 13.5. The molecule has 0 heterocycles. The number of rotatable bonds is 6. The zero-order valence-corrected chi connectivity index (χ0v) is 8.93. The Morgan fingerprint density at radius 2 is 1.82 bits per heavy atom. The number of unbranched alkanes of at least 4 members (excludes halogenated alkanes) is 1. The average Bonchev–Trinajstić information content (AvgIpc) is 1.97. The molecule has 2 heteroatoms. The maximum absolute atomic E-state index is 10.2. The van der Waals surface area contributed by atoms with E-state index in [1.54, 1.807) is 0 Å². The van der Waals surface area contributed by atoms with E-state index in [1.807, 2.05) is 0 Å². The SMILES string of the molecule is CC(C)CCCCC(Br)C=O. The van der Waals surface area contributed by atoms with Gasteiger partial charge < -0.3 is 4.79 Å². The molecule has 0 N–H and O–H groups in total. The first-order valence-corrected chi connectivity index (χ1v) is 5.17. The number of carbonyl (C=O) groups is 1. The predicted octanol–water partition coefficient (Wildman–Crippen LogP) is 3.17. The molecule has 0 rings (SSSR count). The Hall–Kier alpha value is 0.150. The Morgan fingerprint density at radius 3 is 2.27 bits per heavy atom. The maximum atomic E-state index is 10.2. The third-order valence-electron chi connectivity index (χ3n) is 1.66. The van der Waals surface area contributed by atoms with Crippen LogP contribution < -0.4 is 0 Å². The van der Waals surface area contributed by atoms with Gasteiger partial charge in [0.1, 0.15) is 6.29 Å². The largest absolute Gasteiger partial charge is 0.302 e. The van der Waals surface area contributed by atoms with Crippen molar-refractivity contribution in [2.24, 2.45) is 5.92 Å². The molecular formula is C9H17BrO. The first-order valence-electron chi connectivity index (χ1n) is 4.26. The van der Waals surface area contributed by atoms with E-state index in [9.17, 15) is 4.79 Å². The Balaban J connectivity index is 3.07. The molecule has 1 atom stereocenters. The molecule has 0 aliphatic heterocycles. The van der Waals surface area contributed by atoms with Gasteiger partial charge in [-0.2, -0.15) is 0 Å². The van der Waals surface area contributed by atoms with Crippen LogP contribution in [0.25, 0.3) is 0 Å². The minimum Gasteiger partial charge on any atom is -0.302 e. The molecule has 11 heavy (non-hydrogen) atoms.